The second-order valence-electron chi connectivity index (χ2n) is 5.67. The molecule has 3 rings (SSSR count). The first-order valence-electron chi connectivity index (χ1n) is 7.62. The van der Waals surface area contributed by atoms with Crippen molar-refractivity contribution in [2.24, 2.45) is 0 Å². The average Bonchev–Trinajstić information content (AvgIpc) is 2.85. The van der Waals surface area contributed by atoms with Crippen LogP contribution in [-0.2, 0) is 9.53 Å². The van der Waals surface area contributed by atoms with Gasteiger partial charge in [-0.15, -0.1) is 0 Å². The van der Waals surface area contributed by atoms with Crippen molar-refractivity contribution in [3.8, 4) is 0 Å². The predicted molar refractivity (Wildman–Crippen MR) is 82.1 cm³/mol. The molecule has 0 bridgehead atoms. The summed E-state index contributed by atoms with van der Waals surface area (Å²) in [6.45, 7) is 3.51. The van der Waals surface area contributed by atoms with Crippen molar-refractivity contribution in [1.82, 2.24) is 10.2 Å². The zero-order valence-electron chi connectivity index (χ0n) is 12.2. The Morgan fingerprint density at radius 1 is 1.29 bits per heavy atom. The summed E-state index contributed by atoms with van der Waals surface area (Å²) in [5, 5.41) is 4.18. The lowest BCUT2D eigenvalue weighted by molar-refractivity contribution is -0.134. The number of hydrogen-bond acceptors (Lipinski definition) is 3. The highest BCUT2D eigenvalue weighted by atomic mass is 35.5. The van der Waals surface area contributed by atoms with E-state index < -0.39 is 0 Å². The molecule has 5 heteroatoms. The first kappa shape index (κ1) is 14.8. The van der Waals surface area contributed by atoms with Crippen LogP contribution in [0, 0.1) is 0 Å². The van der Waals surface area contributed by atoms with Gasteiger partial charge in [-0.25, -0.2) is 0 Å². The molecular formula is C16H21ClN2O2. The minimum absolute atomic E-state index is 0.0529. The Labute approximate surface area is 130 Å². The molecule has 2 saturated heterocycles. The summed E-state index contributed by atoms with van der Waals surface area (Å²) in [4.78, 5) is 14.7. The number of ether oxygens (including phenoxy) is 1. The Kier molecular flexibility index (Phi) is 4.48. The largest absolute Gasteiger partial charge is 0.381 e. The first-order valence-corrected chi connectivity index (χ1v) is 8.00. The number of amides is 1. The second-order valence-corrected chi connectivity index (χ2v) is 6.11. The number of rotatable bonds is 3. The van der Waals surface area contributed by atoms with E-state index in [1.54, 1.807) is 0 Å². The molecule has 1 N–H and O–H groups in total. The van der Waals surface area contributed by atoms with Crippen molar-refractivity contribution in [2.45, 2.75) is 44.4 Å². The monoisotopic (exact) mass is 308 g/mol. The van der Waals surface area contributed by atoms with Crippen LogP contribution in [0.15, 0.2) is 24.3 Å². The lowest BCUT2D eigenvalue weighted by atomic mass is 10.0. The quantitative estimate of drug-likeness (QED) is 0.933. The molecule has 0 radical (unpaired) electrons. The third-order valence-corrected chi connectivity index (χ3v) is 4.62. The summed E-state index contributed by atoms with van der Waals surface area (Å²) in [6.07, 6.45) is 2.58. The zero-order valence-corrected chi connectivity index (χ0v) is 13.0. The van der Waals surface area contributed by atoms with Gasteiger partial charge in [0.1, 0.15) is 6.17 Å². The van der Waals surface area contributed by atoms with Crippen LogP contribution in [0.5, 0.6) is 0 Å². The fourth-order valence-electron chi connectivity index (χ4n) is 3.20. The van der Waals surface area contributed by atoms with Gasteiger partial charge >= 0.3 is 0 Å². The maximum atomic E-state index is 12.7. The molecule has 2 heterocycles. The van der Waals surface area contributed by atoms with E-state index in [-0.39, 0.29) is 24.2 Å². The Bertz CT molecular complexity index is 500. The standard InChI is InChI=1S/C16H21ClN2O2/c1-2-14-16(20)19(13-7-9-21-10-8-13)15(18-14)11-3-5-12(17)6-4-11/h3-6,13-15,18H,2,7-10H2,1H3. The Balaban J connectivity index is 1.88. The van der Waals surface area contributed by atoms with Gasteiger partial charge in [-0.2, -0.15) is 0 Å². The van der Waals surface area contributed by atoms with Gasteiger partial charge in [0.25, 0.3) is 0 Å². The topological polar surface area (TPSA) is 41.6 Å². The van der Waals surface area contributed by atoms with Crippen LogP contribution >= 0.6 is 11.6 Å². The molecule has 2 atom stereocenters. The lowest BCUT2D eigenvalue weighted by Gasteiger charge is -2.35. The van der Waals surface area contributed by atoms with E-state index >= 15 is 0 Å². The van der Waals surface area contributed by atoms with Gasteiger partial charge in [0, 0.05) is 24.3 Å². The molecule has 2 aliphatic rings. The maximum absolute atomic E-state index is 12.7. The van der Waals surface area contributed by atoms with Gasteiger partial charge in [-0.05, 0) is 37.0 Å². The first-order chi connectivity index (χ1) is 10.2. The van der Waals surface area contributed by atoms with Crippen molar-refractivity contribution < 1.29 is 9.53 Å². The highest BCUT2D eigenvalue weighted by Gasteiger charge is 2.42. The smallest absolute Gasteiger partial charge is 0.241 e. The van der Waals surface area contributed by atoms with Crippen LogP contribution in [0.3, 0.4) is 0 Å². The van der Waals surface area contributed by atoms with Crippen LogP contribution in [0.1, 0.15) is 37.9 Å². The van der Waals surface area contributed by atoms with Crippen LogP contribution in [0.25, 0.3) is 0 Å². The minimum Gasteiger partial charge on any atom is -0.381 e. The van der Waals surface area contributed by atoms with Crippen LogP contribution in [0.2, 0.25) is 5.02 Å². The van der Waals surface area contributed by atoms with Gasteiger partial charge in [0.15, 0.2) is 0 Å². The molecule has 1 amide bonds. The number of halogens is 1. The molecule has 114 valence electrons. The van der Waals surface area contributed by atoms with Crippen molar-refractivity contribution in [1.29, 1.82) is 0 Å². The molecule has 2 fully saturated rings. The average molecular weight is 309 g/mol. The van der Waals surface area contributed by atoms with Crippen molar-refractivity contribution in [3.63, 3.8) is 0 Å². The Morgan fingerprint density at radius 2 is 1.95 bits per heavy atom. The summed E-state index contributed by atoms with van der Waals surface area (Å²) in [5.74, 6) is 0.212. The molecule has 0 spiro atoms. The fraction of sp³-hybridized carbons (Fsp3) is 0.562. The van der Waals surface area contributed by atoms with Crippen LogP contribution in [-0.4, -0.2) is 36.1 Å². The number of carbonyl (C=O) groups is 1. The Morgan fingerprint density at radius 3 is 2.57 bits per heavy atom. The number of hydrogen-bond donors (Lipinski definition) is 1. The van der Waals surface area contributed by atoms with E-state index in [1.807, 2.05) is 36.1 Å². The number of nitrogens with zero attached hydrogens (tertiary/aromatic N) is 1. The highest BCUT2D eigenvalue weighted by Crippen LogP contribution is 2.32. The molecule has 4 nitrogen and oxygen atoms in total. The molecule has 21 heavy (non-hydrogen) atoms. The predicted octanol–water partition coefficient (Wildman–Crippen LogP) is 2.73. The molecule has 1 aromatic carbocycles. The van der Waals surface area contributed by atoms with E-state index in [0.29, 0.717) is 5.02 Å². The second kappa shape index (κ2) is 6.34. The summed E-state index contributed by atoms with van der Waals surface area (Å²) < 4.78 is 5.43. The molecular weight excluding hydrogens is 288 g/mol. The van der Waals surface area contributed by atoms with Crippen molar-refractivity contribution in [2.75, 3.05) is 13.2 Å². The summed E-state index contributed by atoms with van der Waals surface area (Å²) >= 11 is 5.97. The molecule has 1 aromatic rings. The van der Waals surface area contributed by atoms with Gasteiger partial charge in [0.2, 0.25) is 5.91 Å². The summed E-state index contributed by atoms with van der Waals surface area (Å²) in [7, 11) is 0. The third kappa shape index (κ3) is 2.93. The summed E-state index contributed by atoms with van der Waals surface area (Å²) in [5.41, 5.74) is 1.09. The number of carbonyl (C=O) groups excluding carboxylic acids is 1. The number of nitrogens with one attached hydrogen (secondary N) is 1. The van der Waals surface area contributed by atoms with E-state index in [1.165, 1.54) is 0 Å². The van der Waals surface area contributed by atoms with Gasteiger partial charge in [-0.1, -0.05) is 30.7 Å². The van der Waals surface area contributed by atoms with Gasteiger partial charge < -0.3 is 9.64 Å². The zero-order chi connectivity index (χ0) is 14.8. The summed E-state index contributed by atoms with van der Waals surface area (Å²) in [6, 6.07) is 7.93. The normalized spacial score (nSPS) is 27.3. The van der Waals surface area contributed by atoms with E-state index in [9.17, 15) is 4.79 Å². The number of benzene rings is 1. The minimum atomic E-state index is -0.0893. The fourth-order valence-corrected chi connectivity index (χ4v) is 3.32. The van der Waals surface area contributed by atoms with Crippen molar-refractivity contribution >= 4 is 17.5 Å². The molecule has 2 aliphatic heterocycles. The molecule has 0 saturated carbocycles. The van der Waals surface area contributed by atoms with E-state index in [4.69, 9.17) is 16.3 Å². The Hall–Kier alpha value is -1.10. The molecule has 0 aromatic heterocycles. The SMILES string of the molecule is CCC1NC(c2ccc(Cl)cc2)N(C2CCOCC2)C1=O. The lowest BCUT2D eigenvalue weighted by Crippen LogP contribution is -2.43. The van der Waals surface area contributed by atoms with Gasteiger partial charge in [0.05, 0.1) is 6.04 Å². The van der Waals surface area contributed by atoms with Crippen molar-refractivity contribution in [3.05, 3.63) is 34.9 Å². The van der Waals surface area contributed by atoms with Crippen LogP contribution < -0.4 is 5.32 Å². The molecule has 0 aliphatic carbocycles. The molecule has 2 unspecified atom stereocenters. The third-order valence-electron chi connectivity index (χ3n) is 4.37. The maximum Gasteiger partial charge on any atom is 0.241 e. The van der Waals surface area contributed by atoms with Crippen LogP contribution in [0.4, 0.5) is 0 Å². The van der Waals surface area contributed by atoms with E-state index in [2.05, 4.69) is 5.32 Å². The highest BCUT2D eigenvalue weighted by molar-refractivity contribution is 6.30. The van der Waals surface area contributed by atoms with E-state index in [0.717, 1.165) is 38.0 Å². The van der Waals surface area contributed by atoms with Gasteiger partial charge in [-0.3, -0.25) is 10.1 Å².